The topological polar surface area (TPSA) is 110 Å². The summed E-state index contributed by atoms with van der Waals surface area (Å²) in [6.07, 6.45) is 10.7. The molecule has 0 bridgehead atoms. The van der Waals surface area contributed by atoms with Crippen molar-refractivity contribution in [2.24, 2.45) is 28.8 Å². The number of unbranched alkanes of at least 4 members (excludes halogenated alkanes) is 2. The van der Waals surface area contributed by atoms with Gasteiger partial charge in [0, 0.05) is 49.1 Å². The van der Waals surface area contributed by atoms with E-state index in [1.54, 1.807) is 31.4 Å². The molecule has 1 heterocycles. The number of nitrogens with zero attached hydrogens (tertiary/aromatic N) is 2. The number of amides is 1. The van der Waals surface area contributed by atoms with Crippen molar-refractivity contribution in [2.75, 3.05) is 26.9 Å². The predicted molar refractivity (Wildman–Crippen MR) is 230 cm³/mol. The Kier molecular flexibility index (Phi) is 13.0. The van der Waals surface area contributed by atoms with Gasteiger partial charge in [-0.05, 0) is 96.5 Å². The van der Waals surface area contributed by atoms with Gasteiger partial charge in [-0.2, -0.15) is 0 Å². The lowest BCUT2D eigenvalue weighted by molar-refractivity contribution is -0.258. The van der Waals surface area contributed by atoms with Crippen LogP contribution >= 0.6 is 0 Å². The van der Waals surface area contributed by atoms with Gasteiger partial charge >= 0.3 is 0 Å². The van der Waals surface area contributed by atoms with E-state index in [9.17, 15) is 19.4 Å². The van der Waals surface area contributed by atoms with E-state index < -0.39 is 17.7 Å². The summed E-state index contributed by atoms with van der Waals surface area (Å²) < 4.78 is 35.6. The Hall–Kier alpha value is -5.03. The minimum absolute atomic E-state index is 0.0563. The number of carbonyl (C=O) groups excluding carboxylic acids is 1. The highest BCUT2D eigenvalue weighted by Crippen LogP contribution is 2.62. The maximum atomic E-state index is 14.9. The summed E-state index contributed by atoms with van der Waals surface area (Å²) in [5.74, 6) is -0.965. The van der Waals surface area contributed by atoms with Crippen LogP contribution in [0.4, 0.5) is 4.39 Å². The molecule has 4 aromatic carbocycles. The fourth-order valence-corrected chi connectivity index (χ4v) is 10.1. The minimum Gasteiger partial charge on any atom is -0.489 e. The molecule has 9 nitrogen and oxygen atoms in total. The van der Waals surface area contributed by atoms with Gasteiger partial charge in [0.2, 0.25) is 11.7 Å². The lowest BCUT2D eigenvalue weighted by atomic mass is 9.55. The average molecular weight is 817 g/mol. The Bertz CT molecular complexity index is 2210. The van der Waals surface area contributed by atoms with Crippen molar-refractivity contribution < 1.29 is 38.4 Å². The van der Waals surface area contributed by atoms with E-state index in [0.29, 0.717) is 42.9 Å². The summed E-state index contributed by atoms with van der Waals surface area (Å²) in [7, 11) is 1.56. The zero-order valence-corrected chi connectivity index (χ0v) is 34.5. The molecular formula is C50H57FN2O7. The highest BCUT2D eigenvalue weighted by Gasteiger charge is 2.66. The van der Waals surface area contributed by atoms with Crippen LogP contribution in [0.2, 0.25) is 0 Å². The number of hydrogen-bond acceptors (Lipinski definition) is 8. The number of carbonyl (C=O) groups is 1. The predicted octanol–water partition coefficient (Wildman–Crippen LogP) is 9.26. The number of rotatable bonds is 19. The molecule has 0 saturated heterocycles. The SMILES string of the molecule is C=CCOC12Oc3ccc(OCc4ccccc4F)cc3C3C(CCCCO)C(CCCCO)C=C(C(=NOC)CC1N(Cc1cccc4ccccc14)C(=O)C1CC1)C32. The maximum Gasteiger partial charge on any atom is 0.239 e. The van der Waals surface area contributed by atoms with Gasteiger partial charge in [-0.15, -0.1) is 6.58 Å². The number of benzene rings is 4. The molecule has 6 unspecified atom stereocenters. The summed E-state index contributed by atoms with van der Waals surface area (Å²) in [6.45, 7) is 4.85. The second-order valence-corrected chi connectivity index (χ2v) is 16.7. The summed E-state index contributed by atoms with van der Waals surface area (Å²) in [5, 5.41) is 26.8. The zero-order valence-electron chi connectivity index (χ0n) is 34.5. The standard InChI is InChI=1S/C50H57FN2O7/c1-3-27-59-50-46(53(49(56)34-21-22-34)31-36-17-12-16-33-13-4-6-18-39(33)36)30-44(52-57-2)41-28-35(14-8-10-25-54)40(19-9-11-26-55)47(48(41)50)42-29-38(23-24-45(42)60-50)58-32-37-15-5-7-20-43(37)51/h3-7,12-13,15-18,20,23-24,28-29,34-35,40,46-48,54-55H,1,8-11,14,19,21-22,25-27,30-32H2,2H3. The Labute approximate surface area is 352 Å². The summed E-state index contributed by atoms with van der Waals surface area (Å²) in [4.78, 5) is 22.6. The van der Waals surface area contributed by atoms with Gasteiger partial charge in [0.25, 0.3) is 0 Å². The third kappa shape index (κ3) is 8.34. The second kappa shape index (κ2) is 18.7. The lowest BCUT2D eigenvalue weighted by Crippen LogP contribution is -2.70. The van der Waals surface area contributed by atoms with Crippen LogP contribution < -0.4 is 9.47 Å². The Morgan fingerprint density at radius 2 is 1.72 bits per heavy atom. The Morgan fingerprint density at radius 1 is 0.967 bits per heavy atom. The van der Waals surface area contributed by atoms with Crippen molar-refractivity contribution in [3.63, 3.8) is 0 Å². The van der Waals surface area contributed by atoms with Gasteiger partial charge in [-0.25, -0.2) is 4.39 Å². The van der Waals surface area contributed by atoms with Crippen LogP contribution in [0.3, 0.4) is 0 Å². The third-order valence-corrected chi connectivity index (χ3v) is 13.0. The van der Waals surface area contributed by atoms with E-state index in [1.165, 1.54) is 6.07 Å². The number of allylic oxidation sites excluding steroid dienone is 1. The Balaban J connectivity index is 1.31. The first-order chi connectivity index (χ1) is 29.4. The summed E-state index contributed by atoms with van der Waals surface area (Å²) in [5.41, 5.74) is 4.16. The molecule has 3 aliphatic carbocycles. The molecule has 0 aromatic heterocycles. The van der Waals surface area contributed by atoms with Crippen molar-refractivity contribution in [3.05, 3.63) is 132 Å². The molecule has 10 heteroatoms. The van der Waals surface area contributed by atoms with Crippen molar-refractivity contribution in [1.29, 1.82) is 0 Å². The fourth-order valence-electron chi connectivity index (χ4n) is 10.1. The number of hydrogen-bond donors (Lipinski definition) is 2. The van der Waals surface area contributed by atoms with E-state index in [0.717, 1.165) is 71.7 Å². The first-order valence-corrected chi connectivity index (χ1v) is 21.7. The molecule has 4 aromatic rings. The van der Waals surface area contributed by atoms with Gasteiger partial charge in [-0.1, -0.05) is 90.8 Å². The summed E-state index contributed by atoms with van der Waals surface area (Å²) >= 11 is 0. The van der Waals surface area contributed by atoms with Crippen molar-refractivity contribution in [3.8, 4) is 11.5 Å². The van der Waals surface area contributed by atoms with Crippen molar-refractivity contribution >= 4 is 22.4 Å². The number of ether oxygens (including phenoxy) is 3. The van der Waals surface area contributed by atoms with Crippen LogP contribution in [-0.2, 0) is 27.5 Å². The largest absolute Gasteiger partial charge is 0.489 e. The number of fused-ring (bicyclic) bond motifs is 3. The number of aliphatic hydroxyl groups is 2. The monoisotopic (exact) mass is 816 g/mol. The van der Waals surface area contributed by atoms with Crippen molar-refractivity contribution in [2.45, 2.75) is 88.7 Å². The number of oxime groups is 1. The van der Waals surface area contributed by atoms with Gasteiger partial charge in [-0.3, -0.25) is 4.79 Å². The van der Waals surface area contributed by atoms with Crippen LogP contribution in [0.1, 0.15) is 80.4 Å². The minimum atomic E-state index is -1.36. The first kappa shape index (κ1) is 41.7. The highest BCUT2D eigenvalue weighted by atomic mass is 19.1. The van der Waals surface area contributed by atoms with E-state index in [4.69, 9.17) is 24.2 Å². The highest BCUT2D eigenvalue weighted by molar-refractivity contribution is 6.03. The van der Waals surface area contributed by atoms with E-state index >= 15 is 0 Å². The second-order valence-electron chi connectivity index (χ2n) is 16.7. The molecule has 2 saturated carbocycles. The average Bonchev–Trinajstić information content (AvgIpc) is 4.12. The first-order valence-electron chi connectivity index (χ1n) is 21.7. The zero-order chi connectivity index (χ0) is 41.6. The molecule has 60 heavy (non-hydrogen) atoms. The van der Waals surface area contributed by atoms with Gasteiger partial charge < -0.3 is 34.2 Å². The molecule has 2 N–H and O–H groups in total. The van der Waals surface area contributed by atoms with Crippen LogP contribution in [0.5, 0.6) is 11.5 Å². The fraction of sp³-hybridized carbons (Fsp3) is 0.440. The molecule has 316 valence electrons. The van der Waals surface area contributed by atoms with Gasteiger partial charge in [0.15, 0.2) is 0 Å². The molecule has 1 aliphatic heterocycles. The van der Waals surface area contributed by atoms with Crippen LogP contribution in [0.15, 0.2) is 114 Å². The molecule has 0 spiro atoms. The molecular weight excluding hydrogens is 760 g/mol. The quantitative estimate of drug-likeness (QED) is 0.0552. The van der Waals surface area contributed by atoms with Gasteiger partial charge in [0.1, 0.15) is 37.1 Å². The van der Waals surface area contributed by atoms with Gasteiger partial charge in [0.05, 0.1) is 18.2 Å². The van der Waals surface area contributed by atoms with Crippen LogP contribution in [-0.4, -0.2) is 65.5 Å². The molecule has 2 fully saturated rings. The molecule has 1 amide bonds. The lowest BCUT2D eigenvalue weighted by Gasteiger charge is -2.60. The van der Waals surface area contributed by atoms with E-state index in [2.05, 4.69) is 36.9 Å². The van der Waals surface area contributed by atoms with Crippen molar-refractivity contribution in [1.82, 2.24) is 4.90 Å². The summed E-state index contributed by atoms with van der Waals surface area (Å²) in [6, 6.07) is 26.3. The molecule has 4 aliphatic rings. The molecule has 0 radical (unpaired) electrons. The smallest absolute Gasteiger partial charge is 0.239 e. The maximum absolute atomic E-state index is 14.9. The number of aliphatic hydroxyl groups excluding tert-OH is 2. The van der Waals surface area contributed by atoms with Crippen LogP contribution in [0, 0.1) is 29.5 Å². The third-order valence-electron chi connectivity index (χ3n) is 13.0. The molecule has 8 rings (SSSR count). The normalized spacial score (nSPS) is 24.8. The number of halogens is 1. The molecule has 6 atom stereocenters. The van der Waals surface area contributed by atoms with E-state index in [1.807, 2.05) is 41.3 Å². The van der Waals surface area contributed by atoms with Crippen LogP contribution in [0.25, 0.3) is 10.8 Å². The Morgan fingerprint density at radius 3 is 2.48 bits per heavy atom. The van der Waals surface area contributed by atoms with E-state index in [-0.39, 0.29) is 61.8 Å².